The van der Waals surface area contributed by atoms with Crippen molar-refractivity contribution in [1.29, 1.82) is 0 Å². The summed E-state index contributed by atoms with van der Waals surface area (Å²) in [7, 11) is 1.55. The highest BCUT2D eigenvalue weighted by atomic mass is 16.5. The van der Waals surface area contributed by atoms with Crippen molar-refractivity contribution < 1.29 is 9.53 Å². The van der Waals surface area contributed by atoms with Crippen LogP contribution < -0.4 is 4.74 Å². The van der Waals surface area contributed by atoms with E-state index in [1.807, 2.05) is 0 Å². The Kier molecular flexibility index (Phi) is 1.77. The molecule has 0 radical (unpaired) electrons. The zero-order chi connectivity index (χ0) is 11.1. The third-order valence-electron chi connectivity index (χ3n) is 2.60. The molecule has 1 aliphatic rings. The number of carbonyl (C=O) groups excluding carboxylic acids is 1. The first-order valence-electron chi connectivity index (χ1n) is 4.86. The Balaban J connectivity index is 2.31. The topological polar surface area (TPSA) is 52.1 Å². The van der Waals surface area contributed by atoms with Crippen molar-refractivity contribution in [2.75, 3.05) is 7.11 Å². The summed E-state index contributed by atoms with van der Waals surface area (Å²) < 4.78 is 5.04. The normalized spacial score (nSPS) is 12.2. The van der Waals surface area contributed by atoms with Gasteiger partial charge in [-0.1, -0.05) is 0 Å². The molecular formula is C12H8N2O2. The highest BCUT2D eigenvalue weighted by Gasteiger charge is 2.29. The number of rotatable bonds is 1. The molecule has 0 atom stereocenters. The Morgan fingerprint density at radius 3 is 2.75 bits per heavy atom. The Hall–Kier alpha value is -2.23. The summed E-state index contributed by atoms with van der Waals surface area (Å²) in [5.74, 6) is 0.471. The monoisotopic (exact) mass is 212 g/mol. The Labute approximate surface area is 91.9 Å². The average molecular weight is 212 g/mol. The van der Waals surface area contributed by atoms with Gasteiger partial charge in [0.05, 0.1) is 18.2 Å². The minimum atomic E-state index is -0.0201. The van der Waals surface area contributed by atoms with Crippen molar-refractivity contribution in [3.8, 4) is 17.3 Å². The van der Waals surface area contributed by atoms with Crippen LogP contribution in [0.5, 0.6) is 5.88 Å². The first-order valence-corrected chi connectivity index (χ1v) is 4.86. The lowest BCUT2D eigenvalue weighted by Crippen LogP contribution is -1.96. The molecule has 0 spiro atoms. The predicted molar refractivity (Wildman–Crippen MR) is 57.5 cm³/mol. The van der Waals surface area contributed by atoms with Gasteiger partial charge in [-0.05, 0) is 18.2 Å². The van der Waals surface area contributed by atoms with Crippen LogP contribution in [0.3, 0.4) is 0 Å². The van der Waals surface area contributed by atoms with Crippen LogP contribution >= 0.6 is 0 Å². The van der Waals surface area contributed by atoms with Gasteiger partial charge in [0, 0.05) is 12.3 Å². The van der Waals surface area contributed by atoms with E-state index in [0.29, 0.717) is 28.4 Å². The summed E-state index contributed by atoms with van der Waals surface area (Å²) in [5, 5.41) is 0. The molecule has 2 aromatic heterocycles. The standard InChI is InChI=1S/C12H8N2O2/c1-16-9-5-4-8-11(14-9)10-7(12(8)15)3-2-6-13-10/h2-6H,1H3. The molecule has 0 saturated heterocycles. The van der Waals surface area contributed by atoms with E-state index < -0.39 is 0 Å². The maximum atomic E-state index is 12.0. The van der Waals surface area contributed by atoms with Gasteiger partial charge < -0.3 is 4.74 Å². The lowest BCUT2D eigenvalue weighted by Gasteiger charge is -2.01. The van der Waals surface area contributed by atoms with Crippen LogP contribution in [0.1, 0.15) is 15.9 Å². The van der Waals surface area contributed by atoms with E-state index in [-0.39, 0.29) is 5.78 Å². The van der Waals surface area contributed by atoms with Crippen LogP contribution in [-0.4, -0.2) is 22.9 Å². The molecule has 0 N–H and O–H groups in total. The van der Waals surface area contributed by atoms with Crippen molar-refractivity contribution in [2.24, 2.45) is 0 Å². The van der Waals surface area contributed by atoms with Gasteiger partial charge in [0.25, 0.3) is 0 Å². The quantitative estimate of drug-likeness (QED) is 0.616. The number of ketones is 1. The molecule has 4 nitrogen and oxygen atoms in total. The van der Waals surface area contributed by atoms with Gasteiger partial charge >= 0.3 is 0 Å². The molecule has 16 heavy (non-hydrogen) atoms. The number of hydrogen-bond acceptors (Lipinski definition) is 4. The molecule has 0 unspecified atom stereocenters. The number of fused-ring (bicyclic) bond motifs is 3. The molecule has 3 rings (SSSR count). The van der Waals surface area contributed by atoms with E-state index in [4.69, 9.17) is 4.74 Å². The molecule has 78 valence electrons. The second kappa shape index (κ2) is 3.13. The summed E-state index contributed by atoms with van der Waals surface area (Å²) in [6.07, 6.45) is 1.66. The number of ether oxygens (including phenoxy) is 1. The SMILES string of the molecule is COc1ccc2c(n1)-c1ncccc1C2=O. The number of pyridine rings is 2. The predicted octanol–water partition coefficient (Wildman–Crippen LogP) is 1.70. The summed E-state index contributed by atoms with van der Waals surface area (Å²) in [6, 6.07) is 6.92. The van der Waals surface area contributed by atoms with E-state index >= 15 is 0 Å². The van der Waals surface area contributed by atoms with Gasteiger partial charge in [0.15, 0.2) is 5.78 Å². The summed E-state index contributed by atoms with van der Waals surface area (Å²) >= 11 is 0. The third-order valence-corrected chi connectivity index (χ3v) is 2.60. The van der Waals surface area contributed by atoms with E-state index in [2.05, 4.69) is 9.97 Å². The molecule has 0 fully saturated rings. The molecule has 0 saturated carbocycles. The highest BCUT2D eigenvalue weighted by Crippen LogP contribution is 2.34. The zero-order valence-electron chi connectivity index (χ0n) is 8.60. The molecule has 0 aromatic carbocycles. The molecule has 0 bridgehead atoms. The lowest BCUT2D eigenvalue weighted by molar-refractivity contribution is 0.104. The zero-order valence-corrected chi connectivity index (χ0v) is 8.60. The fraction of sp³-hybridized carbons (Fsp3) is 0.0833. The first kappa shape index (κ1) is 9.03. The smallest absolute Gasteiger partial charge is 0.213 e. The Morgan fingerprint density at radius 2 is 1.94 bits per heavy atom. The van der Waals surface area contributed by atoms with Crippen LogP contribution in [0.15, 0.2) is 30.5 Å². The molecule has 4 heteroatoms. The molecule has 2 aromatic rings. The van der Waals surface area contributed by atoms with Gasteiger partial charge in [-0.2, -0.15) is 0 Å². The lowest BCUT2D eigenvalue weighted by atomic mass is 10.1. The molecular weight excluding hydrogens is 204 g/mol. The Morgan fingerprint density at radius 1 is 1.12 bits per heavy atom. The first-order chi connectivity index (χ1) is 7.81. The summed E-state index contributed by atoms with van der Waals surface area (Å²) in [6.45, 7) is 0. The van der Waals surface area contributed by atoms with Crippen molar-refractivity contribution in [1.82, 2.24) is 9.97 Å². The van der Waals surface area contributed by atoms with Crippen molar-refractivity contribution in [2.45, 2.75) is 0 Å². The van der Waals surface area contributed by atoms with Crippen LogP contribution in [0.25, 0.3) is 11.4 Å². The van der Waals surface area contributed by atoms with Crippen LogP contribution in [0.4, 0.5) is 0 Å². The second-order valence-electron chi connectivity index (χ2n) is 3.48. The fourth-order valence-electron chi connectivity index (χ4n) is 1.84. The second-order valence-corrected chi connectivity index (χ2v) is 3.48. The maximum Gasteiger partial charge on any atom is 0.213 e. The summed E-state index contributed by atoms with van der Waals surface area (Å²) in [4.78, 5) is 20.4. The molecule has 0 aliphatic heterocycles. The summed E-state index contributed by atoms with van der Waals surface area (Å²) in [5.41, 5.74) is 2.45. The van der Waals surface area contributed by atoms with E-state index in [1.165, 1.54) is 0 Å². The minimum Gasteiger partial charge on any atom is -0.481 e. The maximum absolute atomic E-state index is 12.0. The fourth-order valence-corrected chi connectivity index (χ4v) is 1.84. The van der Waals surface area contributed by atoms with Crippen LogP contribution in [0, 0.1) is 0 Å². The number of hydrogen-bond donors (Lipinski definition) is 0. The highest BCUT2D eigenvalue weighted by molar-refractivity contribution is 6.20. The molecule has 1 aliphatic carbocycles. The van der Waals surface area contributed by atoms with Gasteiger partial charge in [-0.25, -0.2) is 4.98 Å². The molecule has 0 amide bonds. The molecule has 2 heterocycles. The van der Waals surface area contributed by atoms with E-state index in [0.717, 1.165) is 0 Å². The minimum absolute atomic E-state index is 0.0201. The van der Waals surface area contributed by atoms with Gasteiger partial charge in [-0.3, -0.25) is 9.78 Å². The third kappa shape index (κ3) is 1.07. The van der Waals surface area contributed by atoms with Gasteiger partial charge in [0.2, 0.25) is 5.88 Å². The Bertz CT molecular complexity index is 593. The van der Waals surface area contributed by atoms with Crippen LogP contribution in [0.2, 0.25) is 0 Å². The number of methoxy groups -OCH3 is 1. The van der Waals surface area contributed by atoms with Crippen LogP contribution in [-0.2, 0) is 0 Å². The van der Waals surface area contributed by atoms with Crippen molar-refractivity contribution in [3.63, 3.8) is 0 Å². The number of carbonyl (C=O) groups is 1. The number of nitrogens with zero attached hydrogens (tertiary/aromatic N) is 2. The van der Waals surface area contributed by atoms with Gasteiger partial charge in [-0.15, -0.1) is 0 Å². The van der Waals surface area contributed by atoms with E-state index in [1.54, 1.807) is 37.6 Å². The van der Waals surface area contributed by atoms with Crippen molar-refractivity contribution in [3.05, 3.63) is 41.6 Å². The average Bonchev–Trinajstić information content (AvgIpc) is 2.64. The van der Waals surface area contributed by atoms with Gasteiger partial charge in [0.1, 0.15) is 11.4 Å². The van der Waals surface area contributed by atoms with E-state index in [9.17, 15) is 4.79 Å². The number of aromatic nitrogens is 2. The van der Waals surface area contributed by atoms with Crippen molar-refractivity contribution >= 4 is 5.78 Å². The largest absolute Gasteiger partial charge is 0.481 e.